The zero-order valence-corrected chi connectivity index (χ0v) is 28.9. The Labute approximate surface area is 301 Å². The van der Waals surface area contributed by atoms with Crippen molar-refractivity contribution in [3.05, 3.63) is 154 Å². The number of benzene rings is 5. The van der Waals surface area contributed by atoms with E-state index < -0.39 is 46.8 Å². The second kappa shape index (κ2) is 16.3. The van der Waals surface area contributed by atoms with Crippen molar-refractivity contribution in [3.63, 3.8) is 0 Å². The van der Waals surface area contributed by atoms with Gasteiger partial charge in [-0.05, 0) is 39.9 Å². The van der Waals surface area contributed by atoms with Crippen molar-refractivity contribution in [1.29, 1.82) is 0 Å². The number of methoxy groups -OCH3 is 1. The number of hydrogen-bond acceptors (Lipinski definition) is 6. The van der Waals surface area contributed by atoms with Crippen LogP contribution in [0.3, 0.4) is 0 Å². The second-order valence-electron chi connectivity index (χ2n) is 12.2. The summed E-state index contributed by atoms with van der Waals surface area (Å²) in [5.74, 6) is -11.2. The Hall–Kier alpha value is -4.75. The fraction of sp³-hybridized carbons (Fsp3) is 0.225. The molecule has 0 radical (unpaired) electrons. The molecule has 5 aromatic carbocycles. The van der Waals surface area contributed by atoms with Crippen molar-refractivity contribution in [2.75, 3.05) is 12.9 Å². The number of carbonyl (C=O) groups is 1. The summed E-state index contributed by atoms with van der Waals surface area (Å²) < 4.78 is 88.1. The van der Waals surface area contributed by atoms with Crippen LogP contribution >= 0.6 is 11.8 Å². The molecule has 0 spiro atoms. The first kappa shape index (κ1) is 37.0. The molecule has 6 rings (SSSR count). The van der Waals surface area contributed by atoms with Crippen LogP contribution in [0.5, 0.6) is 5.75 Å². The van der Waals surface area contributed by atoms with Gasteiger partial charge < -0.3 is 24.6 Å². The Morgan fingerprint density at radius 1 is 0.788 bits per heavy atom. The highest BCUT2D eigenvalue weighted by atomic mass is 32.2. The first-order chi connectivity index (χ1) is 25.1. The average Bonchev–Trinajstić information content (AvgIpc) is 3.18. The number of carbonyl (C=O) groups excluding carboxylic acids is 1. The minimum atomic E-state index is -2.34. The smallest absolute Gasteiger partial charge is 0.257 e. The molecule has 5 aromatic rings. The van der Waals surface area contributed by atoms with Crippen molar-refractivity contribution in [3.8, 4) is 16.9 Å². The van der Waals surface area contributed by atoms with E-state index in [2.05, 4.69) is 12.2 Å². The van der Waals surface area contributed by atoms with Gasteiger partial charge in [0.1, 0.15) is 11.3 Å². The van der Waals surface area contributed by atoms with E-state index in [9.17, 15) is 31.9 Å². The Morgan fingerprint density at radius 3 is 2.08 bits per heavy atom. The van der Waals surface area contributed by atoms with Gasteiger partial charge in [0.25, 0.3) is 5.91 Å². The van der Waals surface area contributed by atoms with Crippen LogP contribution in [-0.2, 0) is 22.6 Å². The molecule has 0 aliphatic carbocycles. The molecule has 1 aliphatic heterocycles. The van der Waals surface area contributed by atoms with Gasteiger partial charge in [-0.15, -0.1) is 11.8 Å². The Kier molecular flexibility index (Phi) is 11.6. The van der Waals surface area contributed by atoms with E-state index in [1.165, 1.54) is 0 Å². The summed E-state index contributed by atoms with van der Waals surface area (Å²) in [6.07, 6.45) is -1.28. The lowest BCUT2D eigenvalue weighted by molar-refractivity contribution is -0.268. The minimum absolute atomic E-state index is 0.0374. The summed E-state index contributed by atoms with van der Waals surface area (Å²) in [6, 6.07) is 29.7. The maximum absolute atomic E-state index is 14.2. The summed E-state index contributed by atoms with van der Waals surface area (Å²) in [7, 11) is 1.63. The lowest BCUT2D eigenvalue weighted by Gasteiger charge is -2.41. The summed E-state index contributed by atoms with van der Waals surface area (Å²) in [6.45, 7) is 1.75. The maximum Gasteiger partial charge on any atom is 0.257 e. The summed E-state index contributed by atoms with van der Waals surface area (Å²) in [4.78, 5) is 13.6. The standard InChI is InChI=1S/C40H34F5NO5S/c1-22-30(21-52-31-10-6-5-9-29(31)49-2)50-40(51-38(22)25-13-11-23(20-47)12-14-25)26-17-15-24(16-18-26)28-8-4-3-7-27(28)19-46-39(48)32-33(41)35(43)37(45)36(44)34(32)42/h3-18,22,30,38,40,47H,19-21H2,1-2H3,(H,46,48)/t22-,30+,38+,40+/m1/s1. The zero-order chi connectivity index (χ0) is 36.9. The second-order valence-corrected chi connectivity index (χ2v) is 13.3. The van der Waals surface area contributed by atoms with E-state index in [-0.39, 0.29) is 31.3 Å². The number of aliphatic hydroxyl groups is 1. The van der Waals surface area contributed by atoms with Gasteiger partial charge in [-0.25, -0.2) is 22.0 Å². The van der Waals surface area contributed by atoms with E-state index in [4.69, 9.17) is 14.2 Å². The fourth-order valence-electron chi connectivity index (χ4n) is 6.06. The van der Waals surface area contributed by atoms with Crippen LogP contribution in [-0.4, -0.2) is 30.0 Å². The first-order valence-corrected chi connectivity index (χ1v) is 17.3. The average molecular weight is 736 g/mol. The van der Waals surface area contributed by atoms with Crippen LogP contribution in [0.15, 0.2) is 102 Å². The van der Waals surface area contributed by atoms with Crippen LogP contribution < -0.4 is 10.1 Å². The minimum Gasteiger partial charge on any atom is -0.496 e. The van der Waals surface area contributed by atoms with E-state index in [0.29, 0.717) is 16.9 Å². The first-order valence-electron chi connectivity index (χ1n) is 16.4. The molecule has 6 nitrogen and oxygen atoms in total. The normalized spacial score (nSPS) is 18.6. The predicted molar refractivity (Wildman–Crippen MR) is 186 cm³/mol. The number of nitrogens with one attached hydrogen (secondary N) is 1. The van der Waals surface area contributed by atoms with Crippen LogP contribution in [0.1, 0.15) is 51.9 Å². The Morgan fingerprint density at radius 2 is 1.40 bits per heavy atom. The largest absolute Gasteiger partial charge is 0.496 e. The molecule has 4 atom stereocenters. The molecule has 0 unspecified atom stereocenters. The third-order valence-corrected chi connectivity index (χ3v) is 10.1. The van der Waals surface area contributed by atoms with Gasteiger partial charge in [0.05, 0.1) is 25.9 Å². The van der Waals surface area contributed by atoms with Gasteiger partial charge in [0.2, 0.25) is 5.82 Å². The number of hydrogen-bond donors (Lipinski definition) is 2. The van der Waals surface area contributed by atoms with Gasteiger partial charge in [0.15, 0.2) is 29.6 Å². The molecule has 1 amide bonds. The van der Waals surface area contributed by atoms with Crippen molar-refractivity contribution in [2.24, 2.45) is 5.92 Å². The summed E-state index contributed by atoms with van der Waals surface area (Å²) >= 11 is 1.63. The Balaban J connectivity index is 1.22. The number of thioether (sulfide) groups is 1. The molecule has 2 N–H and O–H groups in total. The maximum atomic E-state index is 14.2. The molecule has 52 heavy (non-hydrogen) atoms. The van der Waals surface area contributed by atoms with Gasteiger partial charge in [0, 0.05) is 28.7 Å². The van der Waals surface area contributed by atoms with Crippen molar-refractivity contribution in [2.45, 2.75) is 43.5 Å². The molecule has 0 aromatic heterocycles. The highest BCUT2D eigenvalue weighted by Crippen LogP contribution is 2.44. The molecule has 1 saturated heterocycles. The Bertz CT molecular complexity index is 2020. The highest BCUT2D eigenvalue weighted by molar-refractivity contribution is 7.99. The van der Waals surface area contributed by atoms with Crippen LogP contribution in [0.4, 0.5) is 22.0 Å². The molecule has 12 heteroatoms. The third-order valence-electron chi connectivity index (χ3n) is 8.98. The molecule has 1 fully saturated rings. The van der Waals surface area contributed by atoms with Gasteiger partial charge >= 0.3 is 0 Å². The fourth-order valence-corrected chi connectivity index (χ4v) is 7.26. The van der Waals surface area contributed by atoms with Gasteiger partial charge in [-0.1, -0.05) is 91.9 Å². The van der Waals surface area contributed by atoms with Crippen molar-refractivity contribution >= 4 is 17.7 Å². The van der Waals surface area contributed by atoms with Gasteiger partial charge in [-0.3, -0.25) is 4.79 Å². The number of rotatable bonds is 11. The van der Waals surface area contributed by atoms with Crippen LogP contribution in [0.25, 0.3) is 11.1 Å². The molecule has 1 heterocycles. The zero-order valence-electron chi connectivity index (χ0n) is 28.0. The van der Waals surface area contributed by atoms with E-state index in [1.54, 1.807) is 43.1 Å². The lowest BCUT2D eigenvalue weighted by Crippen LogP contribution is -2.38. The SMILES string of the molecule is COc1ccccc1SC[C@@H]1O[C@H](c2ccc(-c3ccccc3CNC(=O)c3c(F)c(F)c(F)c(F)c3F)cc2)O[C@H](c2ccc(CO)cc2)[C@@H]1C. The molecular weight excluding hydrogens is 701 g/mol. The predicted octanol–water partition coefficient (Wildman–Crippen LogP) is 9.06. The summed E-state index contributed by atoms with van der Waals surface area (Å²) in [5.41, 5.74) is 2.86. The number of aliphatic hydroxyl groups excluding tert-OH is 1. The van der Waals surface area contributed by atoms with Crippen molar-refractivity contribution in [1.82, 2.24) is 5.32 Å². The monoisotopic (exact) mass is 735 g/mol. The number of amides is 1. The third kappa shape index (κ3) is 7.70. The molecule has 0 bridgehead atoms. The molecular formula is C40H34F5NO5S. The van der Waals surface area contributed by atoms with Crippen LogP contribution in [0, 0.1) is 35.0 Å². The summed E-state index contributed by atoms with van der Waals surface area (Å²) in [5, 5.41) is 11.8. The molecule has 0 saturated carbocycles. The van der Waals surface area contributed by atoms with E-state index in [1.807, 2.05) is 72.8 Å². The highest BCUT2D eigenvalue weighted by Gasteiger charge is 2.38. The topological polar surface area (TPSA) is 77.0 Å². The number of para-hydroxylation sites is 1. The van der Waals surface area contributed by atoms with E-state index >= 15 is 0 Å². The van der Waals surface area contributed by atoms with E-state index in [0.717, 1.165) is 32.9 Å². The van der Waals surface area contributed by atoms with Gasteiger partial charge in [-0.2, -0.15) is 0 Å². The quantitative estimate of drug-likeness (QED) is 0.0611. The van der Waals surface area contributed by atoms with Crippen molar-refractivity contribution < 1.29 is 46.1 Å². The number of ether oxygens (including phenoxy) is 3. The molecule has 270 valence electrons. The lowest BCUT2D eigenvalue weighted by atomic mass is 9.91. The van der Waals surface area contributed by atoms with Crippen LogP contribution in [0.2, 0.25) is 0 Å². The molecule has 1 aliphatic rings. The number of halogens is 5.